The summed E-state index contributed by atoms with van der Waals surface area (Å²) >= 11 is 3.29. The van der Waals surface area contributed by atoms with Gasteiger partial charge in [-0.3, -0.25) is 4.79 Å². The molecule has 2 rings (SSSR count). The Morgan fingerprint density at radius 3 is 2.95 bits per heavy atom. The fourth-order valence-corrected chi connectivity index (χ4v) is 2.61. The van der Waals surface area contributed by atoms with Gasteiger partial charge in [0.2, 0.25) is 0 Å². The average Bonchev–Trinajstić information content (AvgIpc) is 2.71. The lowest BCUT2D eigenvalue weighted by atomic mass is 9.97. The quantitative estimate of drug-likeness (QED) is 0.865. The van der Waals surface area contributed by atoms with Crippen LogP contribution < -0.4 is 10.9 Å². The van der Waals surface area contributed by atoms with Crippen LogP contribution in [0.1, 0.15) is 33.2 Å². The van der Waals surface area contributed by atoms with Gasteiger partial charge in [0, 0.05) is 19.6 Å². The van der Waals surface area contributed by atoms with Crippen LogP contribution in [0, 0.1) is 0 Å². The van der Waals surface area contributed by atoms with Gasteiger partial charge in [-0.1, -0.05) is 0 Å². The van der Waals surface area contributed by atoms with E-state index < -0.39 is 5.60 Å². The SMILES string of the molecule is CC(C)n1ncc(NCC2(O)CCOC2C)c(Br)c1=O. The van der Waals surface area contributed by atoms with E-state index in [1.165, 1.54) is 4.68 Å². The standard InChI is InChI=1S/C13H20BrN3O3/c1-8(2)17-12(18)11(14)10(6-16-17)15-7-13(19)4-5-20-9(13)3/h6,8-9,15,19H,4-5,7H2,1-3H3. The monoisotopic (exact) mass is 345 g/mol. The third kappa shape index (κ3) is 2.89. The predicted octanol–water partition coefficient (Wildman–Crippen LogP) is 1.54. The number of aromatic nitrogens is 2. The highest BCUT2D eigenvalue weighted by Crippen LogP contribution is 2.27. The Hall–Kier alpha value is -0.920. The minimum atomic E-state index is -0.910. The first kappa shape index (κ1) is 15.5. The van der Waals surface area contributed by atoms with Crippen molar-refractivity contribution in [2.75, 3.05) is 18.5 Å². The molecule has 1 saturated heterocycles. The molecule has 0 bridgehead atoms. The molecule has 0 saturated carbocycles. The second-order valence-corrected chi connectivity index (χ2v) is 6.23. The minimum absolute atomic E-state index is 0.000267. The van der Waals surface area contributed by atoms with Crippen molar-refractivity contribution in [3.05, 3.63) is 21.0 Å². The number of ether oxygens (including phenoxy) is 1. The molecule has 2 atom stereocenters. The van der Waals surface area contributed by atoms with Crippen LogP contribution in [0.4, 0.5) is 5.69 Å². The van der Waals surface area contributed by atoms with Crippen molar-refractivity contribution in [3.63, 3.8) is 0 Å². The number of nitrogens with zero attached hydrogens (tertiary/aromatic N) is 2. The summed E-state index contributed by atoms with van der Waals surface area (Å²) in [5, 5.41) is 17.6. The van der Waals surface area contributed by atoms with Crippen molar-refractivity contribution in [3.8, 4) is 0 Å². The molecular formula is C13H20BrN3O3. The van der Waals surface area contributed by atoms with E-state index in [0.717, 1.165) is 0 Å². The van der Waals surface area contributed by atoms with Gasteiger partial charge in [0.1, 0.15) is 10.1 Å². The zero-order valence-electron chi connectivity index (χ0n) is 11.9. The molecule has 2 heterocycles. The molecule has 20 heavy (non-hydrogen) atoms. The Labute approximate surface area is 126 Å². The van der Waals surface area contributed by atoms with E-state index in [1.807, 2.05) is 20.8 Å². The van der Waals surface area contributed by atoms with Gasteiger partial charge < -0.3 is 15.2 Å². The Kier molecular flexibility index (Phi) is 4.51. The summed E-state index contributed by atoms with van der Waals surface area (Å²) in [6.45, 7) is 6.51. The first-order valence-corrected chi connectivity index (χ1v) is 7.49. The molecule has 0 spiro atoms. The number of anilines is 1. The van der Waals surface area contributed by atoms with Crippen LogP contribution in [-0.4, -0.2) is 39.7 Å². The van der Waals surface area contributed by atoms with Gasteiger partial charge in [-0.05, 0) is 36.7 Å². The summed E-state index contributed by atoms with van der Waals surface area (Å²) in [7, 11) is 0. The zero-order chi connectivity index (χ0) is 14.9. The first-order valence-electron chi connectivity index (χ1n) is 6.70. The maximum absolute atomic E-state index is 12.1. The molecule has 1 aliphatic heterocycles. The second kappa shape index (κ2) is 5.83. The lowest BCUT2D eigenvalue weighted by molar-refractivity contribution is -0.0176. The molecular weight excluding hydrogens is 326 g/mol. The van der Waals surface area contributed by atoms with Crippen LogP contribution in [0.3, 0.4) is 0 Å². The lowest BCUT2D eigenvalue weighted by Gasteiger charge is -2.26. The summed E-state index contributed by atoms with van der Waals surface area (Å²) in [6.07, 6.45) is 1.95. The normalized spacial score (nSPS) is 26.2. The highest BCUT2D eigenvalue weighted by Gasteiger charge is 2.39. The Morgan fingerprint density at radius 1 is 1.70 bits per heavy atom. The summed E-state index contributed by atoms with van der Waals surface area (Å²) < 4.78 is 7.21. The molecule has 1 aromatic rings. The van der Waals surface area contributed by atoms with Gasteiger partial charge in [0.05, 0.1) is 24.0 Å². The van der Waals surface area contributed by atoms with Gasteiger partial charge >= 0.3 is 0 Å². The van der Waals surface area contributed by atoms with Crippen LogP contribution in [0.5, 0.6) is 0 Å². The summed E-state index contributed by atoms with van der Waals surface area (Å²) in [5.41, 5.74) is -0.515. The minimum Gasteiger partial charge on any atom is -0.385 e. The highest BCUT2D eigenvalue weighted by molar-refractivity contribution is 9.10. The molecule has 1 fully saturated rings. The summed E-state index contributed by atoms with van der Waals surface area (Å²) in [6, 6.07) is 0.000267. The van der Waals surface area contributed by atoms with E-state index in [1.54, 1.807) is 6.20 Å². The zero-order valence-corrected chi connectivity index (χ0v) is 13.5. The Bertz CT molecular complexity index is 546. The molecule has 2 N–H and O–H groups in total. The number of halogens is 1. The van der Waals surface area contributed by atoms with Gasteiger partial charge in [-0.15, -0.1) is 0 Å². The van der Waals surface area contributed by atoms with Gasteiger partial charge in [0.25, 0.3) is 5.56 Å². The molecule has 0 amide bonds. The largest absolute Gasteiger partial charge is 0.385 e. The van der Waals surface area contributed by atoms with E-state index in [4.69, 9.17) is 4.74 Å². The van der Waals surface area contributed by atoms with Crippen LogP contribution in [0.2, 0.25) is 0 Å². The van der Waals surface area contributed by atoms with Crippen LogP contribution in [0.25, 0.3) is 0 Å². The van der Waals surface area contributed by atoms with Crippen molar-refractivity contribution in [1.82, 2.24) is 9.78 Å². The van der Waals surface area contributed by atoms with Crippen molar-refractivity contribution >= 4 is 21.6 Å². The van der Waals surface area contributed by atoms with Crippen molar-refractivity contribution < 1.29 is 9.84 Å². The number of hydrogen-bond donors (Lipinski definition) is 2. The van der Waals surface area contributed by atoms with Crippen molar-refractivity contribution in [2.45, 2.75) is 44.9 Å². The van der Waals surface area contributed by atoms with Gasteiger partial charge in [-0.2, -0.15) is 5.10 Å². The molecule has 6 nitrogen and oxygen atoms in total. The molecule has 0 radical (unpaired) electrons. The molecule has 1 aromatic heterocycles. The third-order valence-corrected chi connectivity index (χ3v) is 4.44. The van der Waals surface area contributed by atoms with E-state index >= 15 is 0 Å². The number of aliphatic hydroxyl groups is 1. The maximum atomic E-state index is 12.1. The molecule has 0 aliphatic carbocycles. The summed E-state index contributed by atoms with van der Waals surface area (Å²) in [4.78, 5) is 12.1. The summed E-state index contributed by atoms with van der Waals surface area (Å²) in [5.74, 6) is 0. The van der Waals surface area contributed by atoms with Gasteiger partial charge in [-0.25, -0.2) is 4.68 Å². The smallest absolute Gasteiger partial charge is 0.283 e. The molecule has 0 aromatic carbocycles. The second-order valence-electron chi connectivity index (χ2n) is 5.44. The predicted molar refractivity (Wildman–Crippen MR) is 80.1 cm³/mol. The molecule has 2 unspecified atom stereocenters. The van der Waals surface area contributed by atoms with E-state index in [-0.39, 0.29) is 17.7 Å². The van der Waals surface area contributed by atoms with Gasteiger partial charge in [0.15, 0.2) is 0 Å². The van der Waals surface area contributed by atoms with Crippen molar-refractivity contribution in [2.24, 2.45) is 0 Å². The third-order valence-electron chi connectivity index (χ3n) is 3.68. The number of rotatable bonds is 4. The highest BCUT2D eigenvalue weighted by atomic mass is 79.9. The lowest BCUT2D eigenvalue weighted by Crippen LogP contribution is -2.43. The Balaban J connectivity index is 2.15. The van der Waals surface area contributed by atoms with Crippen LogP contribution >= 0.6 is 15.9 Å². The molecule has 7 heteroatoms. The topological polar surface area (TPSA) is 76.4 Å². The van der Waals surface area contributed by atoms with E-state index in [9.17, 15) is 9.90 Å². The number of nitrogens with one attached hydrogen (secondary N) is 1. The Morgan fingerprint density at radius 2 is 2.40 bits per heavy atom. The van der Waals surface area contributed by atoms with Crippen LogP contribution in [0.15, 0.2) is 15.5 Å². The fourth-order valence-electron chi connectivity index (χ4n) is 2.19. The fraction of sp³-hybridized carbons (Fsp3) is 0.692. The van der Waals surface area contributed by atoms with Crippen LogP contribution in [-0.2, 0) is 4.74 Å². The maximum Gasteiger partial charge on any atom is 0.283 e. The molecule has 1 aliphatic rings. The van der Waals surface area contributed by atoms with E-state index in [2.05, 4.69) is 26.3 Å². The van der Waals surface area contributed by atoms with Crippen molar-refractivity contribution in [1.29, 1.82) is 0 Å². The number of hydrogen-bond acceptors (Lipinski definition) is 5. The first-order chi connectivity index (χ1) is 9.35. The molecule has 112 valence electrons. The average molecular weight is 346 g/mol. The van der Waals surface area contributed by atoms with E-state index in [0.29, 0.717) is 29.7 Å².